The van der Waals surface area contributed by atoms with Gasteiger partial charge < -0.3 is 15.3 Å². The van der Waals surface area contributed by atoms with E-state index in [1.54, 1.807) is 36.2 Å². The molecule has 2 N–H and O–H groups in total. The number of halogens is 2. The molecule has 0 spiro atoms. The van der Waals surface area contributed by atoms with Crippen molar-refractivity contribution < 1.29 is 14.3 Å². The number of aliphatic hydroxyl groups is 1. The summed E-state index contributed by atoms with van der Waals surface area (Å²) in [4.78, 5) is 21.1. The lowest BCUT2D eigenvalue weighted by Crippen LogP contribution is -2.51. The Hall–Kier alpha value is -3.33. The van der Waals surface area contributed by atoms with Crippen LogP contribution in [0.3, 0.4) is 0 Å². The van der Waals surface area contributed by atoms with E-state index in [1.165, 1.54) is 23.5 Å². The maximum atomic E-state index is 13.7. The highest BCUT2D eigenvalue weighted by atomic mass is 35.5. The number of aliphatic hydroxyl groups excluding tert-OH is 1. The number of pyridine rings is 1. The van der Waals surface area contributed by atoms with Crippen molar-refractivity contribution in [1.29, 1.82) is 0 Å². The van der Waals surface area contributed by atoms with E-state index in [-0.39, 0.29) is 28.8 Å². The maximum absolute atomic E-state index is 13.7. The van der Waals surface area contributed by atoms with Crippen molar-refractivity contribution in [1.82, 2.24) is 9.88 Å². The molecule has 0 saturated heterocycles. The largest absolute Gasteiger partial charge is 0.511 e. The summed E-state index contributed by atoms with van der Waals surface area (Å²) in [7, 11) is 1.72. The quantitative estimate of drug-likeness (QED) is 0.269. The average molecular weight is 538 g/mol. The highest BCUT2D eigenvalue weighted by Crippen LogP contribution is 2.48. The van der Waals surface area contributed by atoms with Gasteiger partial charge in [-0.1, -0.05) is 41.6 Å². The van der Waals surface area contributed by atoms with Crippen LogP contribution in [-0.4, -0.2) is 27.9 Å². The minimum atomic E-state index is -1.02. The molecule has 3 heterocycles. The number of amides is 1. The molecule has 5 nitrogen and oxygen atoms in total. The highest BCUT2D eigenvalue weighted by molar-refractivity contribution is 8.04. The number of nitrogens with one attached hydrogen (secondary N) is 1. The van der Waals surface area contributed by atoms with Crippen LogP contribution < -0.4 is 5.32 Å². The van der Waals surface area contributed by atoms with Crippen LogP contribution in [0.25, 0.3) is 0 Å². The van der Waals surface area contributed by atoms with Gasteiger partial charge in [0.25, 0.3) is 5.91 Å². The Morgan fingerprint density at radius 3 is 2.61 bits per heavy atom. The first-order valence-corrected chi connectivity index (χ1v) is 13.2. The summed E-state index contributed by atoms with van der Waals surface area (Å²) in [5, 5.41) is 18.8. The summed E-state index contributed by atoms with van der Waals surface area (Å²) in [6, 6.07) is 20.6. The summed E-state index contributed by atoms with van der Waals surface area (Å²) in [6.45, 7) is 0. The number of carbonyl (C=O) groups is 1. The summed E-state index contributed by atoms with van der Waals surface area (Å²) in [5.74, 6) is -0.135. The summed E-state index contributed by atoms with van der Waals surface area (Å²) in [6.07, 6.45) is 0.145. The van der Waals surface area contributed by atoms with Crippen molar-refractivity contribution in [2.24, 2.45) is 0 Å². The molecule has 0 aliphatic carbocycles. The number of rotatable bonds is 6. The van der Waals surface area contributed by atoms with Crippen molar-refractivity contribution in [2.75, 3.05) is 12.4 Å². The molecule has 0 bridgehead atoms. The Morgan fingerprint density at radius 1 is 1.11 bits per heavy atom. The normalized spacial score (nSPS) is 18.0. The molecule has 4 aromatic rings. The second-order valence-corrected chi connectivity index (χ2v) is 10.5. The van der Waals surface area contributed by atoms with Crippen LogP contribution in [0.2, 0.25) is 5.02 Å². The molecule has 182 valence electrons. The molecule has 9 heteroatoms. The topological polar surface area (TPSA) is 65.5 Å². The van der Waals surface area contributed by atoms with E-state index in [1.807, 2.05) is 47.2 Å². The summed E-state index contributed by atoms with van der Waals surface area (Å²) >= 11 is 8.98. The van der Waals surface area contributed by atoms with Crippen molar-refractivity contribution in [2.45, 2.75) is 16.9 Å². The molecule has 5 rings (SSSR count). The SMILES string of the molecule is CN1C(=O)C(Sc2ccccc2Cl)=C(O)CC1(c1ccsc1)c1cccc(Nc2ccc(F)cc2)n1. The Balaban J connectivity index is 1.57. The van der Waals surface area contributed by atoms with Gasteiger partial charge in [0.1, 0.15) is 27.8 Å². The van der Waals surface area contributed by atoms with Crippen LogP contribution >= 0.6 is 34.7 Å². The minimum Gasteiger partial charge on any atom is -0.511 e. The van der Waals surface area contributed by atoms with Crippen LogP contribution in [0.4, 0.5) is 15.9 Å². The van der Waals surface area contributed by atoms with Gasteiger partial charge in [-0.3, -0.25) is 4.79 Å². The van der Waals surface area contributed by atoms with Gasteiger partial charge in [0.15, 0.2) is 0 Å². The third-order valence-corrected chi connectivity index (χ3v) is 8.41. The van der Waals surface area contributed by atoms with Gasteiger partial charge in [-0.15, -0.1) is 0 Å². The molecular weight excluding hydrogens is 517 g/mol. The zero-order valence-electron chi connectivity index (χ0n) is 19.1. The lowest BCUT2D eigenvalue weighted by molar-refractivity contribution is -0.131. The standard InChI is InChI=1S/C27H21ClFN3O2S2/c1-32-26(34)25(36-22-6-3-2-5-20(22)28)21(33)15-27(32,17-13-14-35-16-17)23-7-4-8-24(31-23)30-19-11-9-18(29)10-12-19/h2-14,16,33H,15H2,1H3,(H,30,31). The van der Waals surface area contributed by atoms with Crippen LogP contribution in [0.5, 0.6) is 0 Å². The lowest BCUT2D eigenvalue weighted by atomic mass is 9.80. The molecule has 1 amide bonds. The Morgan fingerprint density at radius 2 is 1.89 bits per heavy atom. The third-order valence-electron chi connectivity index (χ3n) is 6.09. The van der Waals surface area contributed by atoms with Gasteiger partial charge in [0, 0.05) is 24.1 Å². The first kappa shape index (κ1) is 24.4. The fraction of sp³-hybridized carbons (Fsp3) is 0.111. The fourth-order valence-corrected chi connectivity index (χ4v) is 6.17. The molecule has 0 saturated carbocycles. The van der Waals surface area contributed by atoms with Crippen molar-refractivity contribution in [3.63, 3.8) is 0 Å². The molecule has 1 atom stereocenters. The number of thiophene rings is 1. The first-order valence-electron chi connectivity index (χ1n) is 11.0. The third kappa shape index (κ3) is 4.48. The van der Waals surface area contributed by atoms with Crippen LogP contribution in [0, 0.1) is 5.82 Å². The molecule has 2 aromatic heterocycles. The van der Waals surface area contributed by atoms with E-state index in [9.17, 15) is 14.3 Å². The number of anilines is 2. The smallest absolute Gasteiger partial charge is 0.264 e. The predicted molar refractivity (Wildman–Crippen MR) is 143 cm³/mol. The van der Waals surface area contributed by atoms with Crippen LogP contribution in [0.15, 0.2) is 99.1 Å². The fourth-order valence-electron chi connectivity index (χ4n) is 4.25. The molecule has 0 fully saturated rings. The molecule has 1 unspecified atom stereocenters. The predicted octanol–water partition coefficient (Wildman–Crippen LogP) is 7.35. The number of aromatic nitrogens is 1. The van der Waals surface area contributed by atoms with Crippen LogP contribution in [-0.2, 0) is 10.3 Å². The number of thioether (sulfide) groups is 1. The minimum absolute atomic E-state index is 0.0204. The second-order valence-electron chi connectivity index (χ2n) is 8.26. The second kappa shape index (κ2) is 9.97. The zero-order chi connectivity index (χ0) is 25.3. The summed E-state index contributed by atoms with van der Waals surface area (Å²) < 4.78 is 13.3. The van der Waals surface area contributed by atoms with E-state index >= 15 is 0 Å². The number of benzene rings is 2. The molecule has 36 heavy (non-hydrogen) atoms. The van der Waals surface area contributed by atoms with E-state index in [0.717, 1.165) is 17.3 Å². The zero-order valence-corrected chi connectivity index (χ0v) is 21.5. The van der Waals surface area contributed by atoms with Crippen LogP contribution in [0.1, 0.15) is 17.7 Å². The van der Waals surface area contributed by atoms with Crippen molar-refractivity contribution >= 4 is 52.1 Å². The highest BCUT2D eigenvalue weighted by Gasteiger charge is 2.48. The number of hydrogen-bond acceptors (Lipinski definition) is 6. The first-order chi connectivity index (χ1) is 17.4. The van der Waals surface area contributed by atoms with Gasteiger partial charge in [-0.05, 0) is 70.9 Å². The van der Waals surface area contributed by atoms with Crippen molar-refractivity contribution in [3.05, 3.63) is 116 Å². The molecule has 1 aliphatic heterocycles. The van der Waals surface area contributed by atoms with Crippen molar-refractivity contribution in [3.8, 4) is 0 Å². The van der Waals surface area contributed by atoms with E-state index < -0.39 is 5.54 Å². The molecular formula is C27H21ClFN3O2S2. The average Bonchev–Trinajstić information content (AvgIpc) is 3.42. The van der Waals surface area contributed by atoms with E-state index in [4.69, 9.17) is 16.6 Å². The van der Waals surface area contributed by atoms with Gasteiger partial charge >= 0.3 is 0 Å². The number of hydrogen-bond donors (Lipinski definition) is 2. The van der Waals surface area contributed by atoms with Gasteiger partial charge in [-0.25, -0.2) is 9.37 Å². The maximum Gasteiger partial charge on any atom is 0.264 e. The lowest BCUT2D eigenvalue weighted by Gasteiger charge is -2.44. The number of nitrogens with zero attached hydrogens (tertiary/aromatic N) is 2. The Kier molecular flexibility index (Phi) is 6.75. The monoisotopic (exact) mass is 537 g/mol. The Labute approximate surface area is 221 Å². The Bertz CT molecular complexity index is 1440. The summed E-state index contributed by atoms with van der Waals surface area (Å²) in [5.41, 5.74) is 1.10. The van der Waals surface area contributed by atoms with E-state index in [0.29, 0.717) is 27.1 Å². The van der Waals surface area contributed by atoms with E-state index in [2.05, 4.69) is 5.32 Å². The van der Waals surface area contributed by atoms with Gasteiger partial charge in [0.05, 0.1) is 10.7 Å². The number of likely N-dealkylation sites (N-methyl/N-ethyl adjacent to an activating group) is 1. The van der Waals surface area contributed by atoms with Gasteiger partial charge in [0.2, 0.25) is 0 Å². The molecule has 0 radical (unpaired) electrons. The number of carbonyl (C=O) groups excluding carboxylic acids is 1. The molecule has 2 aromatic carbocycles. The van der Waals surface area contributed by atoms with Gasteiger partial charge in [-0.2, -0.15) is 11.3 Å². The molecule has 1 aliphatic rings.